The molecule has 1 amide bonds. The molecular formula is C20H22ClN3O. The molecule has 2 aromatic carbocycles. The number of nitrogens with zero attached hydrogens (tertiary/aromatic N) is 1. The van der Waals surface area contributed by atoms with Gasteiger partial charge in [-0.25, -0.2) is 0 Å². The summed E-state index contributed by atoms with van der Waals surface area (Å²) >= 11 is 6.03. The zero-order valence-corrected chi connectivity index (χ0v) is 15.4. The van der Waals surface area contributed by atoms with Crippen LogP contribution >= 0.6 is 11.6 Å². The summed E-state index contributed by atoms with van der Waals surface area (Å²) in [5, 5.41) is 4.78. The molecule has 25 heavy (non-hydrogen) atoms. The lowest BCUT2D eigenvalue weighted by atomic mass is 10.00. The van der Waals surface area contributed by atoms with Crippen molar-refractivity contribution in [3.8, 4) is 0 Å². The molecule has 0 aliphatic rings. The Morgan fingerprint density at radius 2 is 1.96 bits per heavy atom. The van der Waals surface area contributed by atoms with E-state index in [1.54, 1.807) is 0 Å². The molecular weight excluding hydrogens is 334 g/mol. The Morgan fingerprint density at radius 3 is 2.68 bits per heavy atom. The summed E-state index contributed by atoms with van der Waals surface area (Å²) in [5.41, 5.74) is 4.09. The molecule has 1 aromatic heterocycles. The second kappa shape index (κ2) is 7.30. The van der Waals surface area contributed by atoms with E-state index in [4.69, 9.17) is 11.6 Å². The van der Waals surface area contributed by atoms with Crippen molar-refractivity contribution < 1.29 is 4.79 Å². The third-order valence-corrected chi connectivity index (χ3v) is 4.57. The van der Waals surface area contributed by atoms with Crippen molar-refractivity contribution in [1.29, 1.82) is 0 Å². The first-order chi connectivity index (χ1) is 12.0. The Hall–Kier alpha value is -2.30. The van der Waals surface area contributed by atoms with Crippen LogP contribution in [0.5, 0.6) is 0 Å². The molecule has 5 heteroatoms. The van der Waals surface area contributed by atoms with E-state index in [0.717, 1.165) is 27.7 Å². The number of halogens is 1. The zero-order valence-electron chi connectivity index (χ0n) is 14.6. The summed E-state index contributed by atoms with van der Waals surface area (Å²) in [4.78, 5) is 18.0. The second-order valence-electron chi connectivity index (χ2n) is 6.47. The fourth-order valence-corrected chi connectivity index (χ4v) is 3.27. The SMILES string of the molecule is Cc1ccccc1C(C(=O)NCc1cc2cc(Cl)ccc2[nH]1)N(C)C. The number of carbonyl (C=O) groups is 1. The third kappa shape index (κ3) is 3.86. The highest BCUT2D eigenvalue weighted by atomic mass is 35.5. The minimum Gasteiger partial charge on any atom is -0.357 e. The molecule has 1 atom stereocenters. The van der Waals surface area contributed by atoms with Gasteiger partial charge in [-0.2, -0.15) is 0 Å². The van der Waals surface area contributed by atoms with E-state index in [0.29, 0.717) is 11.6 Å². The lowest BCUT2D eigenvalue weighted by molar-refractivity contribution is -0.126. The highest BCUT2D eigenvalue weighted by molar-refractivity contribution is 6.31. The first kappa shape index (κ1) is 17.5. The van der Waals surface area contributed by atoms with Crippen LogP contribution in [0.4, 0.5) is 0 Å². The molecule has 1 unspecified atom stereocenters. The monoisotopic (exact) mass is 355 g/mol. The minimum absolute atomic E-state index is 0.0176. The Labute approximate surface area is 152 Å². The first-order valence-electron chi connectivity index (χ1n) is 8.22. The van der Waals surface area contributed by atoms with Gasteiger partial charge in [0.05, 0.1) is 6.54 Å². The van der Waals surface area contributed by atoms with E-state index in [1.807, 2.05) is 74.4 Å². The van der Waals surface area contributed by atoms with Gasteiger partial charge in [-0.3, -0.25) is 9.69 Å². The van der Waals surface area contributed by atoms with Crippen LogP contribution < -0.4 is 5.32 Å². The Morgan fingerprint density at radius 1 is 1.20 bits per heavy atom. The third-order valence-electron chi connectivity index (χ3n) is 4.34. The topological polar surface area (TPSA) is 48.1 Å². The average Bonchev–Trinajstić information content (AvgIpc) is 2.96. The number of H-pyrrole nitrogens is 1. The van der Waals surface area contributed by atoms with Crippen LogP contribution in [0.3, 0.4) is 0 Å². The number of carbonyl (C=O) groups excluding carboxylic acids is 1. The quantitative estimate of drug-likeness (QED) is 0.725. The molecule has 0 aliphatic heterocycles. The number of benzene rings is 2. The van der Waals surface area contributed by atoms with E-state index in [1.165, 1.54) is 0 Å². The largest absolute Gasteiger partial charge is 0.357 e. The van der Waals surface area contributed by atoms with Gasteiger partial charge in [0, 0.05) is 21.6 Å². The number of nitrogens with one attached hydrogen (secondary N) is 2. The van der Waals surface area contributed by atoms with Crippen molar-refractivity contribution in [3.05, 3.63) is 70.4 Å². The summed E-state index contributed by atoms with van der Waals surface area (Å²) in [6.07, 6.45) is 0. The van der Waals surface area contributed by atoms with Crippen LogP contribution in [0.15, 0.2) is 48.5 Å². The standard InChI is InChI=1S/C20H22ClN3O/c1-13-6-4-5-7-17(13)19(24(2)3)20(25)22-12-16-11-14-10-15(21)8-9-18(14)23-16/h4-11,19,23H,12H2,1-3H3,(H,22,25). The van der Waals surface area contributed by atoms with Crippen molar-refractivity contribution in [2.45, 2.75) is 19.5 Å². The number of amides is 1. The van der Waals surface area contributed by atoms with Crippen molar-refractivity contribution in [3.63, 3.8) is 0 Å². The lowest BCUT2D eigenvalue weighted by Crippen LogP contribution is -2.37. The number of rotatable bonds is 5. The molecule has 0 aliphatic carbocycles. The number of likely N-dealkylation sites (N-methyl/N-ethyl adjacent to an activating group) is 1. The fourth-order valence-electron chi connectivity index (χ4n) is 3.09. The van der Waals surface area contributed by atoms with Crippen LogP contribution in [-0.2, 0) is 11.3 Å². The number of aromatic nitrogens is 1. The van der Waals surface area contributed by atoms with E-state index >= 15 is 0 Å². The molecule has 130 valence electrons. The normalized spacial score (nSPS) is 12.5. The van der Waals surface area contributed by atoms with Crippen LogP contribution in [0.25, 0.3) is 10.9 Å². The van der Waals surface area contributed by atoms with Gasteiger partial charge >= 0.3 is 0 Å². The number of hydrogen-bond acceptors (Lipinski definition) is 2. The summed E-state index contributed by atoms with van der Waals surface area (Å²) in [5.74, 6) is -0.0176. The van der Waals surface area contributed by atoms with Crippen molar-refractivity contribution in [1.82, 2.24) is 15.2 Å². The Kier molecular flexibility index (Phi) is 5.11. The van der Waals surface area contributed by atoms with Gasteiger partial charge in [0.2, 0.25) is 5.91 Å². The number of hydrogen-bond donors (Lipinski definition) is 2. The highest BCUT2D eigenvalue weighted by Crippen LogP contribution is 2.23. The molecule has 0 spiro atoms. The summed E-state index contributed by atoms with van der Waals surface area (Å²) in [6.45, 7) is 2.47. The molecule has 1 heterocycles. The van der Waals surface area contributed by atoms with E-state index in [2.05, 4.69) is 10.3 Å². The van der Waals surface area contributed by atoms with Gasteiger partial charge in [-0.15, -0.1) is 0 Å². The first-order valence-corrected chi connectivity index (χ1v) is 8.60. The predicted octanol–water partition coefficient (Wildman–Crippen LogP) is 4.05. The van der Waals surface area contributed by atoms with Crippen molar-refractivity contribution in [2.75, 3.05) is 14.1 Å². The number of fused-ring (bicyclic) bond motifs is 1. The Bertz CT molecular complexity index is 901. The van der Waals surface area contributed by atoms with E-state index in [9.17, 15) is 4.79 Å². The van der Waals surface area contributed by atoms with E-state index in [-0.39, 0.29) is 11.9 Å². The molecule has 3 rings (SSSR count). The molecule has 0 saturated heterocycles. The fraction of sp³-hybridized carbons (Fsp3) is 0.250. The zero-order chi connectivity index (χ0) is 18.0. The lowest BCUT2D eigenvalue weighted by Gasteiger charge is -2.25. The highest BCUT2D eigenvalue weighted by Gasteiger charge is 2.24. The van der Waals surface area contributed by atoms with Crippen LogP contribution in [0.1, 0.15) is 22.9 Å². The molecule has 0 bridgehead atoms. The number of aryl methyl sites for hydroxylation is 1. The molecule has 2 N–H and O–H groups in total. The smallest absolute Gasteiger partial charge is 0.242 e. The molecule has 0 radical (unpaired) electrons. The predicted molar refractivity (Wildman–Crippen MR) is 103 cm³/mol. The molecule has 0 saturated carbocycles. The van der Waals surface area contributed by atoms with Gasteiger partial charge in [0.15, 0.2) is 0 Å². The van der Waals surface area contributed by atoms with Gasteiger partial charge in [0.25, 0.3) is 0 Å². The van der Waals surface area contributed by atoms with Crippen LogP contribution in [-0.4, -0.2) is 29.9 Å². The summed E-state index contributed by atoms with van der Waals surface area (Å²) < 4.78 is 0. The second-order valence-corrected chi connectivity index (χ2v) is 6.90. The van der Waals surface area contributed by atoms with Gasteiger partial charge in [0.1, 0.15) is 6.04 Å². The molecule has 4 nitrogen and oxygen atoms in total. The van der Waals surface area contributed by atoms with Gasteiger partial charge in [-0.05, 0) is 56.4 Å². The van der Waals surface area contributed by atoms with Crippen LogP contribution in [0.2, 0.25) is 5.02 Å². The maximum absolute atomic E-state index is 12.8. The maximum atomic E-state index is 12.8. The van der Waals surface area contributed by atoms with Gasteiger partial charge in [-0.1, -0.05) is 35.9 Å². The van der Waals surface area contributed by atoms with Crippen molar-refractivity contribution >= 4 is 28.4 Å². The van der Waals surface area contributed by atoms with Crippen molar-refractivity contribution in [2.24, 2.45) is 0 Å². The average molecular weight is 356 g/mol. The van der Waals surface area contributed by atoms with Gasteiger partial charge < -0.3 is 10.3 Å². The van der Waals surface area contributed by atoms with Crippen LogP contribution in [0, 0.1) is 6.92 Å². The summed E-state index contributed by atoms with van der Waals surface area (Å²) in [6, 6.07) is 15.4. The maximum Gasteiger partial charge on any atom is 0.242 e. The molecule has 3 aromatic rings. The minimum atomic E-state index is -0.319. The number of aromatic amines is 1. The Balaban J connectivity index is 1.76. The van der Waals surface area contributed by atoms with E-state index < -0.39 is 0 Å². The molecule has 0 fully saturated rings. The summed E-state index contributed by atoms with van der Waals surface area (Å²) in [7, 11) is 3.84.